The molecule has 1 fully saturated rings. The quantitative estimate of drug-likeness (QED) is 0.659. The molecule has 0 saturated heterocycles. The summed E-state index contributed by atoms with van der Waals surface area (Å²) in [6.45, 7) is 0. The van der Waals surface area contributed by atoms with E-state index in [0.29, 0.717) is 0 Å². The van der Waals surface area contributed by atoms with Crippen molar-refractivity contribution in [3.8, 4) is 5.75 Å². The Morgan fingerprint density at radius 3 is 2.70 bits per heavy atom. The van der Waals surface area contributed by atoms with Crippen LogP contribution < -0.4 is 10.2 Å². The molecule has 1 aromatic rings. The molecule has 1 amide bonds. The molecule has 0 radical (unpaired) electrons. The highest BCUT2D eigenvalue weighted by molar-refractivity contribution is 5.94. The molecule has 0 atom stereocenters. The number of methoxy groups -OCH3 is 1. The summed E-state index contributed by atoms with van der Waals surface area (Å²) in [6, 6.07) is 3.93. The van der Waals surface area contributed by atoms with Crippen molar-refractivity contribution in [1.82, 2.24) is 5.48 Å². The van der Waals surface area contributed by atoms with E-state index in [-0.39, 0.29) is 23.1 Å². The van der Waals surface area contributed by atoms with Crippen molar-refractivity contribution in [1.29, 1.82) is 0 Å². The number of nitrogens with one attached hydrogen (secondary N) is 1. The van der Waals surface area contributed by atoms with E-state index >= 15 is 0 Å². The fourth-order valence-corrected chi connectivity index (χ4v) is 2.17. The van der Waals surface area contributed by atoms with Gasteiger partial charge in [-0.25, -0.2) is 5.48 Å². The largest absolute Gasteiger partial charge is 0.490 e. The number of hydrogen-bond acceptors (Lipinski definition) is 5. The van der Waals surface area contributed by atoms with Crippen molar-refractivity contribution in [2.45, 2.75) is 31.8 Å². The van der Waals surface area contributed by atoms with E-state index in [0.717, 1.165) is 25.7 Å². The minimum Gasteiger partial charge on any atom is -0.490 e. The molecular weight excluding hydrogens is 264 g/mol. The number of hydroxylamine groups is 1. The van der Waals surface area contributed by atoms with Gasteiger partial charge in [0.15, 0.2) is 5.75 Å². The highest BCUT2D eigenvalue weighted by Gasteiger charge is 2.20. The van der Waals surface area contributed by atoms with Crippen LogP contribution in [0.3, 0.4) is 0 Å². The van der Waals surface area contributed by atoms with Gasteiger partial charge in [-0.1, -0.05) is 12.8 Å². The fraction of sp³-hybridized carbons (Fsp3) is 0.462. The van der Waals surface area contributed by atoms with Crippen LogP contribution in [0.15, 0.2) is 18.2 Å². The second-order valence-corrected chi connectivity index (χ2v) is 4.60. The fourth-order valence-electron chi connectivity index (χ4n) is 2.17. The Bertz CT molecular complexity index is 511. The molecule has 20 heavy (non-hydrogen) atoms. The van der Waals surface area contributed by atoms with Crippen LogP contribution in [-0.4, -0.2) is 24.0 Å². The number of rotatable bonds is 5. The molecule has 0 unspecified atom stereocenters. The summed E-state index contributed by atoms with van der Waals surface area (Å²) in [5.74, 6) is -0.395. The van der Waals surface area contributed by atoms with Crippen LogP contribution in [-0.2, 0) is 4.84 Å². The monoisotopic (exact) mass is 280 g/mol. The maximum absolute atomic E-state index is 11.9. The van der Waals surface area contributed by atoms with Crippen molar-refractivity contribution in [2.24, 2.45) is 0 Å². The summed E-state index contributed by atoms with van der Waals surface area (Å²) >= 11 is 0. The lowest BCUT2D eigenvalue weighted by Crippen LogP contribution is -2.28. The number of nitrogens with zero attached hydrogens (tertiary/aromatic N) is 1. The SMILES string of the molecule is COc1cc(C(=O)NOC2CCCC2)ccc1[N+](=O)[O-]. The minimum absolute atomic E-state index is 0.0449. The van der Waals surface area contributed by atoms with E-state index in [1.165, 1.54) is 25.3 Å². The first-order valence-electron chi connectivity index (χ1n) is 6.40. The number of nitro benzene ring substituents is 1. The standard InChI is InChI=1S/C13H16N2O5/c1-19-12-8-9(6-7-11(12)15(17)18)13(16)14-20-10-4-2-3-5-10/h6-8,10H,2-5H2,1H3,(H,14,16). The topological polar surface area (TPSA) is 90.7 Å². The first-order valence-corrected chi connectivity index (χ1v) is 6.40. The summed E-state index contributed by atoms with van der Waals surface area (Å²) in [7, 11) is 1.32. The Balaban J connectivity index is 2.03. The van der Waals surface area contributed by atoms with Gasteiger partial charge in [-0.3, -0.25) is 19.7 Å². The lowest BCUT2D eigenvalue weighted by molar-refractivity contribution is -0.385. The summed E-state index contributed by atoms with van der Waals surface area (Å²) in [6.07, 6.45) is 4.13. The third-order valence-corrected chi connectivity index (χ3v) is 3.26. The molecule has 1 aromatic carbocycles. The van der Waals surface area contributed by atoms with Crippen LogP contribution in [0.25, 0.3) is 0 Å². The summed E-state index contributed by atoms with van der Waals surface area (Å²) in [5, 5.41) is 10.8. The van der Waals surface area contributed by atoms with Crippen molar-refractivity contribution < 1.29 is 19.3 Å². The molecular formula is C13H16N2O5. The van der Waals surface area contributed by atoms with Crippen molar-refractivity contribution in [3.05, 3.63) is 33.9 Å². The zero-order valence-corrected chi connectivity index (χ0v) is 11.1. The number of carbonyl (C=O) groups is 1. The Labute approximate surface area is 116 Å². The molecule has 1 aliphatic rings. The maximum Gasteiger partial charge on any atom is 0.310 e. The van der Waals surface area contributed by atoms with Crippen LogP contribution in [0.5, 0.6) is 5.75 Å². The van der Waals surface area contributed by atoms with Gasteiger partial charge in [0, 0.05) is 17.7 Å². The average molecular weight is 280 g/mol. The van der Waals surface area contributed by atoms with Crippen molar-refractivity contribution >= 4 is 11.6 Å². The van der Waals surface area contributed by atoms with Gasteiger partial charge in [-0.15, -0.1) is 0 Å². The third-order valence-electron chi connectivity index (χ3n) is 3.26. The van der Waals surface area contributed by atoms with Gasteiger partial charge in [0.05, 0.1) is 18.1 Å². The molecule has 108 valence electrons. The van der Waals surface area contributed by atoms with Crippen LogP contribution in [0.2, 0.25) is 0 Å². The lowest BCUT2D eigenvalue weighted by Gasteiger charge is -2.11. The Kier molecular flexibility index (Phi) is 4.52. The van der Waals surface area contributed by atoms with Crippen LogP contribution in [0.1, 0.15) is 36.0 Å². The van der Waals surface area contributed by atoms with Gasteiger partial charge in [-0.05, 0) is 18.9 Å². The number of carbonyl (C=O) groups excluding carboxylic acids is 1. The van der Waals surface area contributed by atoms with Crippen LogP contribution in [0, 0.1) is 10.1 Å². The second-order valence-electron chi connectivity index (χ2n) is 4.60. The first-order chi connectivity index (χ1) is 9.61. The molecule has 1 N–H and O–H groups in total. The predicted octanol–water partition coefficient (Wildman–Crippen LogP) is 2.21. The molecule has 0 aliphatic heterocycles. The van der Waals surface area contributed by atoms with Crippen LogP contribution in [0.4, 0.5) is 5.69 Å². The summed E-state index contributed by atoms with van der Waals surface area (Å²) in [5.41, 5.74) is 2.45. The van der Waals surface area contributed by atoms with Gasteiger partial charge in [0.2, 0.25) is 0 Å². The normalized spacial score (nSPS) is 15.1. The molecule has 0 heterocycles. The predicted molar refractivity (Wildman–Crippen MR) is 70.5 cm³/mol. The summed E-state index contributed by atoms with van der Waals surface area (Å²) < 4.78 is 4.91. The van der Waals surface area contributed by atoms with Gasteiger partial charge < -0.3 is 4.74 Å². The number of ether oxygens (including phenoxy) is 1. The third kappa shape index (κ3) is 3.24. The Morgan fingerprint density at radius 2 is 2.10 bits per heavy atom. The van der Waals surface area contributed by atoms with E-state index in [2.05, 4.69) is 5.48 Å². The highest BCUT2D eigenvalue weighted by Crippen LogP contribution is 2.27. The second kappa shape index (κ2) is 6.33. The van der Waals surface area contributed by atoms with E-state index in [1.807, 2.05) is 0 Å². The van der Waals surface area contributed by atoms with Crippen LogP contribution >= 0.6 is 0 Å². The average Bonchev–Trinajstić information content (AvgIpc) is 2.97. The molecule has 0 aromatic heterocycles. The molecule has 7 heteroatoms. The molecule has 1 aliphatic carbocycles. The molecule has 0 spiro atoms. The van der Waals surface area contributed by atoms with E-state index in [4.69, 9.17) is 9.57 Å². The van der Waals surface area contributed by atoms with E-state index in [9.17, 15) is 14.9 Å². The smallest absolute Gasteiger partial charge is 0.310 e. The number of benzene rings is 1. The number of nitro groups is 1. The maximum atomic E-state index is 11.9. The van der Waals surface area contributed by atoms with Crippen molar-refractivity contribution in [3.63, 3.8) is 0 Å². The van der Waals surface area contributed by atoms with Gasteiger partial charge in [0.25, 0.3) is 5.91 Å². The van der Waals surface area contributed by atoms with E-state index < -0.39 is 10.8 Å². The molecule has 7 nitrogen and oxygen atoms in total. The Morgan fingerprint density at radius 1 is 1.40 bits per heavy atom. The van der Waals surface area contributed by atoms with Gasteiger partial charge >= 0.3 is 5.69 Å². The number of hydrogen-bond donors (Lipinski definition) is 1. The van der Waals surface area contributed by atoms with Gasteiger partial charge in [0.1, 0.15) is 0 Å². The van der Waals surface area contributed by atoms with Crippen molar-refractivity contribution in [2.75, 3.05) is 7.11 Å². The number of amides is 1. The molecule has 0 bridgehead atoms. The molecule has 1 saturated carbocycles. The Hall–Kier alpha value is -2.15. The van der Waals surface area contributed by atoms with E-state index in [1.54, 1.807) is 0 Å². The zero-order valence-electron chi connectivity index (χ0n) is 11.1. The molecule has 2 rings (SSSR count). The zero-order chi connectivity index (χ0) is 14.5. The highest BCUT2D eigenvalue weighted by atomic mass is 16.7. The summed E-state index contributed by atoms with van der Waals surface area (Å²) in [4.78, 5) is 27.4. The van der Waals surface area contributed by atoms with Gasteiger partial charge in [-0.2, -0.15) is 0 Å². The lowest BCUT2D eigenvalue weighted by atomic mass is 10.2. The first kappa shape index (κ1) is 14.3. The minimum atomic E-state index is -0.560.